The second-order valence-corrected chi connectivity index (χ2v) is 5.20. The molecular formula is C15H24N2O. The van der Waals surface area contributed by atoms with Crippen molar-refractivity contribution in [3.8, 4) is 0 Å². The van der Waals surface area contributed by atoms with Gasteiger partial charge in [-0.2, -0.15) is 0 Å². The lowest BCUT2D eigenvalue weighted by atomic mass is 10.1. The van der Waals surface area contributed by atoms with E-state index in [0.29, 0.717) is 6.10 Å². The number of aryl methyl sites for hydroxylation is 2. The van der Waals surface area contributed by atoms with Gasteiger partial charge in [-0.25, -0.2) is 0 Å². The van der Waals surface area contributed by atoms with Crippen LogP contribution in [0.2, 0.25) is 0 Å². The van der Waals surface area contributed by atoms with Gasteiger partial charge >= 0.3 is 0 Å². The van der Waals surface area contributed by atoms with Crippen LogP contribution in [0.25, 0.3) is 0 Å². The molecule has 1 heterocycles. The Balaban J connectivity index is 1.93. The monoisotopic (exact) mass is 248 g/mol. The smallest absolute Gasteiger partial charge is 0.0826 e. The minimum absolute atomic E-state index is 0.329. The van der Waals surface area contributed by atoms with Crippen LogP contribution in [0.15, 0.2) is 18.2 Å². The summed E-state index contributed by atoms with van der Waals surface area (Å²) < 4.78 is 5.72. The lowest BCUT2D eigenvalue weighted by Gasteiger charge is -2.33. The molecule has 0 aromatic heterocycles. The molecule has 1 aliphatic rings. The standard InChI is InChI=1S/C15H24N2O/c1-12-4-5-14(8-13(12)2)10-17-6-7-18-15(11-17)9-16-3/h4-5,8,15-16H,6-7,9-11H2,1-3H3. The molecule has 2 rings (SSSR count). The molecule has 18 heavy (non-hydrogen) atoms. The number of nitrogens with one attached hydrogen (secondary N) is 1. The van der Waals surface area contributed by atoms with Crippen LogP contribution in [0.3, 0.4) is 0 Å². The molecule has 1 N–H and O–H groups in total. The molecule has 1 atom stereocenters. The zero-order valence-corrected chi connectivity index (χ0v) is 11.7. The van der Waals surface area contributed by atoms with E-state index < -0.39 is 0 Å². The summed E-state index contributed by atoms with van der Waals surface area (Å²) in [6.07, 6.45) is 0.329. The quantitative estimate of drug-likeness (QED) is 0.878. The molecule has 0 radical (unpaired) electrons. The van der Waals surface area contributed by atoms with Gasteiger partial charge in [0.15, 0.2) is 0 Å². The van der Waals surface area contributed by atoms with E-state index >= 15 is 0 Å². The zero-order valence-electron chi connectivity index (χ0n) is 11.7. The predicted molar refractivity (Wildman–Crippen MR) is 74.9 cm³/mol. The Hall–Kier alpha value is -0.900. The van der Waals surface area contributed by atoms with Crippen molar-refractivity contribution >= 4 is 0 Å². The Morgan fingerprint density at radius 3 is 2.89 bits per heavy atom. The van der Waals surface area contributed by atoms with Crippen LogP contribution >= 0.6 is 0 Å². The van der Waals surface area contributed by atoms with E-state index in [0.717, 1.165) is 32.8 Å². The van der Waals surface area contributed by atoms with Crippen molar-refractivity contribution < 1.29 is 4.74 Å². The normalized spacial score (nSPS) is 21.2. The number of nitrogens with zero attached hydrogens (tertiary/aromatic N) is 1. The molecule has 0 bridgehead atoms. The highest BCUT2D eigenvalue weighted by Gasteiger charge is 2.19. The van der Waals surface area contributed by atoms with E-state index in [-0.39, 0.29) is 0 Å². The Labute approximate surface area is 110 Å². The average Bonchev–Trinajstić information content (AvgIpc) is 2.35. The first-order valence-corrected chi connectivity index (χ1v) is 6.73. The SMILES string of the molecule is CNCC1CN(Cc2ccc(C)c(C)c2)CCO1. The van der Waals surface area contributed by atoms with E-state index in [1.165, 1.54) is 16.7 Å². The van der Waals surface area contributed by atoms with Gasteiger partial charge in [0.1, 0.15) is 0 Å². The first-order chi connectivity index (χ1) is 8.69. The number of ether oxygens (including phenoxy) is 1. The van der Waals surface area contributed by atoms with Crippen LogP contribution in [0, 0.1) is 13.8 Å². The second-order valence-electron chi connectivity index (χ2n) is 5.20. The molecule has 1 aliphatic heterocycles. The molecule has 0 amide bonds. The molecule has 100 valence electrons. The molecule has 1 saturated heterocycles. The van der Waals surface area contributed by atoms with Crippen molar-refractivity contribution in [2.24, 2.45) is 0 Å². The topological polar surface area (TPSA) is 24.5 Å². The second kappa shape index (κ2) is 6.32. The van der Waals surface area contributed by atoms with Gasteiger partial charge in [-0.05, 0) is 37.6 Å². The molecule has 3 heteroatoms. The number of morpholine rings is 1. The molecule has 3 nitrogen and oxygen atoms in total. The van der Waals surface area contributed by atoms with Crippen LogP contribution in [0.5, 0.6) is 0 Å². The van der Waals surface area contributed by atoms with Crippen molar-refractivity contribution in [3.63, 3.8) is 0 Å². The van der Waals surface area contributed by atoms with Gasteiger partial charge in [0.2, 0.25) is 0 Å². The fourth-order valence-electron chi connectivity index (χ4n) is 2.44. The summed E-state index contributed by atoms with van der Waals surface area (Å²) in [4.78, 5) is 2.48. The summed E-state index contributed by atoms with van der Waals surface area (Å²) in [6.45, 7) is 9.21. The van der Waals surface area contributed by atoms with E-state index in [2.05, 4.69) is 42.3 Å². The zero-order chi connectivity index (χ0) is 13.0. The maximum atomic E-state index is 5.72. The van der Waals surface area contributed by atoms with Crippen molar-refractivity contribution in [2.45, 2.75) is 26.5 Å². The van der Waals surface area contributed by atoms with Crippen LogP contribution < -0.4 is 5.32 Å². The highest BCUT2D eigenvalue weighted by Crippen LogP contribution is 2.14. The van der Waals surface area contributed by atoms with Gasteiger partial charge in [-0.15, -0.1) is 0 Å². The van der Waals surface area contributed by atoms with Gasteiger partial charge in [0, 0.05) is 26.2 Å². The molecule has 0 spiro atoms. The maximum Gasteiger partial charge on any atom is 0.0826 e. The lowest BCUT2D eigenvalue weighted by molar-refractivity contribution is -0.0291. The minimum Gasteiger partial charge on any atom is -0.374 e. The summed E-state index contributed by atoms with van der Waals surface area (Å²) >= 11 is 0. The van der Waals surface area contributed by atoms with Gasteiger partial charge < -0.3 is 10.1 Å². The van der Waals surface area contributed by atoms with Crippen molar-refractivity contribution in [1.29, 1.82) is 0 Å². The van der Waals surface area contributed by atoms with Crippen LogP contribution in [-0.2, 0) is 11.3 Å². The molecule has 1 fully saturated rings. The Kier molecular flexibility index (Phi) is 4.75. The van der Waals surface area contributed by atoms with E-state index in [1.54, 1.807) is 0 Å². The van der Waals surface area contributed by atoms with Crippen molar-refractivity contribution in [2.75, 3.05) is 33.3 Å². The van der Waals surface area contributed by atoms with E-state index in [4.69, 9.17) is 4.74 Å². The number of likely N-dealkylation sites (N-methyl/N-ethyl adjacent to an activating group) is 1. The fourth-order valence-corrected chi connectivity index (χ4v) is 2.44. The van der Waals surface area contributed by atoms with E-state index in [1.807, 2.05) is 7.05 Å². The maximum absolute atomic E-state index is 5.72. The summed E-state index contributed by atoms with van der Waals surface area (Å²) in [7, 11) is 1.98. The number of benzene rings is 1. The molecule has 1 aromatic carbocycles. The van der Waals surface area contributed by atoms with Gasteiger partial charge in [-0.3, -0.25) is 4.90 Å². The van der Waals surface area contributed by atoms with Gasteiger partial charge in [-0.1, -0.05) is 18.2 Å². The third-order valence-electron chi connectivity index (χ3n) is 3.63. The highest BCUT2D eigenvalue weighted by molar-refractivity contribution is 5.29. The third kappa shape index (κ3) is 3.55. The predicted octanol–water partition coefficient (Wildman–Crippen LogP) is 1.72. The molecular weight excluding hydrogens is 224 g/mol. The summed E-state index contributed by atoms with van der Waals surface area (Å²) in [5.41, 5.74) is 4.16. The van der Waals surface area contributed by atoms with Crippen LogP contribution in [-0.4, -0.2) is 44.3 Å². The summed E-state index contributed by atoms with van der Waals surface area (Å²) in [6, 6.07) is 6.76. The summed E-state index contributed by atoms with van der Waals surface area (Å²) in [5, 5.41) is 3.19. The largest absolute Gasteiger partial charge is 0.374 e. The average molecular weight is 248 g/mol. The van der Waals surface area contributed by atoms with Crippen LogP contribution in [0.1, 0.15) is 16.7 Å². The fraction of sp³-hybridized carbons (Fsp3) is 0.600. The van der Waals surface area contributed by atoms with E-state index in [9.17, 15) is 0 Å². The lowest BCUT2D eigenvalue weighted by Crippen LogP contribution is -2.45. The van der Waals surface area contributed by atoms with Gasteiger partial charge in [0.05, 0.1) is 12.7 Å². The Bertz CT molecular complexity index is 390. The molecule has 0 aliphatic carbocycles. The first-order valence-electron chi connectivity index (χ1n) is 6.73. The van der Waals surface area contributed by atoms with Gasteiger partial charge in [0.25, 0.3) is 0 Å². The number of hydrogen-bond acceptors (Lipinski definition) is 3. The summed E-state index contributed by atoms with van der Waals surface area (Å²) in [5.74, 6) is 0. The molecule has 0 saturated carbocycles. The molecule has 1 unspecified atom stereocenters. The third-order valence-corrected chi connectivity index (χ3v) is 3.63. The number of hydrogen-bond donors (Lipinski definition) is 1. The first kappa shape index (κ1) is 13.5. The Morgan fingerprint density at radius 2 is 2.17 bits per heavy atom. The Morgan fingerprint density at radius 1 is 1.33 bits per heavy atom. The van der Waals surface area contributed by atoms with Crippen molar-refractivity contribution in [3.05, 3.63) is 34.9 Å². The number of rotatable bonds is 4. The van der Waals surface area contributed by atoms with Crippen molar-refractivity contribution in [1.82, 2.24) is 10.2 Å². The minimum atomic E-state index is 0.329. The molecule has 1 aromatic rings. The van der Waals surface area contributed by atoms with Crippen LogP contribution in [0.4, 0.5) is 0 Å². The highest BCUT2D eigenvalue weighted by atomic mass is 16.5.